The SMILES string of the molecule is CN1CCCC1CCOc1nc(N)c(F)cc1F. The highest BCUT2D eigenvalue weighted by atomic mass is 19.1. The molecule has 0 spiro atoms. The minimum Gasteiger partial charge on any atom is -0.475 e. The van der Waals surface area contributed by atoms with Gasteiger partial charge in [-0.25, -0.2) is 8.78 Å². The van der Waals surface area contributed by atoms with E-state index in [2.05, 4.69) is 16.9 Å². The van der Waals surface area contributed by atoms with Crippen LogP contribution in [-0.4, -0.2) is 36.1 Å². The predicted molar refractivity (Wildman–Crippen MR) is 64.3 cm³/mol. The van der Waals surface area contributed by atoms with E-state index in [1.807, 2.05) is 0 Å². The van der Waals surface area contributed by atoms with Crippen molar-refractivity contribution in [1.82, 2.24) is 9.88 Å². The molecule has 1 aliphatic rings. The Labute approximate surface area is 105 Å². The topological polar surface area (TPSA) is 51.4 Å². The Morgan fingerprint density at radius 1 is 1.50 bits per heavy atom. The number of aromatic nitrogens is 1. The molecule has 1 saturated heterocycles. The van der Waals surface area contributed by atoms with E-state index in [0.717, 1.165) is 19.4 Å². The van der Waals surface area contributed by atoms with Gasteiger partial charge in [-0.15, -0.1) is 0 Å². The van der Waals surface area contributed by atoms with Gasteiger partial charge in [0, 0.05) is 12.1 Å². The van der Waals surface area contributed by atoms with Crippen LogP contribution in [0, 0.1) is 11.6 Å². The molecule has 1 atom stereocenters. The summed E-state index contributed by atoms with van der Waals surface area (Å²) in [6, 6.07) is 1.16. The largest absolute Gasteiger partial charge is 0.475 e. The maximum atomic E-state index is 13.3. The number of nitrogens with zero attached hydrogens (tertiary/aromatic N) is 2. The fourth-order valence-corrected chi connectivity index (χ4v) is 2.20. The number of likely N-dealkylation sites (tertiary alicyclic amines) is 1. The van der Waals surface area contributed by atoms with Crippen LogP contribution in [0.4, 0.5) is 14.6 Å². The number of anilines is 1. The third-order valence-corrected chi connectivity index (χ3v) is 3.29. The molecule has 1 aromatic heterocycles. The summed E-state index contributed by atoms with van der Waals surface area (Å²) in [4.78, 5) is 5.80. The first-order valence-electron chi connectivity index (χ1n) is 6.02. The zero-order valence-electron chi connectivity index (χ0n) is 10.3. The Bertz CT molecular complexity index is 428. The fourth-order valence-electron chi connectivity index (χ4n) is 2.20. The highest BCUT2D eigenvalue weighted by Crippen LogP contribution is 2.21. The van der Waals surface area contributed by atoms with Crippen molar-refractivity contribution in [1.29, 1.82) is 0 Å². The van der Waals surface area contributed by atoms with Crippen LogP contribution >= 0.6 is 0 Å². The number of hydrogen-bond acceptors (Lipinski definition) is 4. The molecule has 2 heterocycles. The van der Waals surface area contributed by atoms with E-state index in [1.165, 1.54) is 6.42 Å². The Hall–Kier alpha value is -1.43. The molecule has 0 amide bonds. The van der Waals surface area contributed by atoms with E-state index >= 15 is 0 Å². The van der Waals surface area contributed by atoms with Crippen LogP contribution in [0.5, 0.6) is 5.88 Å². The van der Waals surface area contributed by atoms with Gasteiger partial charge in [0.2, 0.25) is 0 Å². The van der Waals surface area contributed by atoms with Crippen molar-refractivity contribution < 1.29 is 13.5 Å². The first-order valence-corrected chi connectivity index (χ1v) is 6.02. The van der Waals surface area contributed by atoms with Crippen molar-refractivity contribution in [3.63, 3.8) is 0 Å². The van der Waals surface area contributed by atoms with Crippen molar-refractivity contribution in [2.45, 2.75) is 25.3 Å². The van der Waals surface area contributed by atoms with E-state index in [0.29, 0.717) is 18.7 Å². The van der Waals surface area contributed by atoms with Crippen molar-refractivity contribution in [3.05, 3.63) is 17.7 Å². The average Bonchev–Trinajstić information content (AvgIpc) is 2.72. The highest BCUT2D eigenvalue weighted by Gasteiger charge is 2.20. The standard InChI is InChI=1S/C12H17F2N3O/c1-17-5-2-3-8(17)4-6-18-12-10(14)7-9(13)11(15)16-12/h7-8H,2-6H2,1H3,(H2,15,16). The van der Waals surface area contributed by atoms with E-state index in [-0.39, 0.29) is 11.7 Å². The molecule has 0 bridgehead atoms. The maximum Gasteiger partial charge on any atom is 0.252 e. The second-order valence-electron chi connectivity index (χ2n) is 4.56. The molecule has 2 N–H and O–H groups in total. The molecule has 0 aromatic carbocycles. The smallest absolute Gasteiger partial charge is 0.252 e. The second kappa shape index (κ2) is 5.48. The lowest BCUT2D eigenvalue weighted by Crippen LogP contribution is -2.26. The van der Waals surface area contributed by atoms with Crippen molar-refractivity contribution in [2.75, 3.05) is 25.9 Å². The van der Waals surface area contributed by atoms with Gasteiger partial charge < -0.3 is 15.4 Å². The van der Waals surface area contributed by atoms with Gasteiger partial charge in [0.15, 0.2) is 17.5 Å². The van der Waals surface area contributed by atoms with Crippen LogP contribution in [0.15, 0.2) is 6.07 Å². The molecule has 1 aliphatic heterocycles. The molecule has 18 heavy (non-hydrogen) atoms. The monoisotopic (exact) mass is 257 g/mol. The third kappa shape index (κ3) is 2.87. The van der Waals surface area contributed by atoms with Gasteiger partial charge in [-0.05, 0) is 32.9 Å². The number of nitrogen functional groups attached to an aromatic ring is 1. The Balaban J connectivity index is 1.88. The number of ether oxygens (including phenoxy) is 1. The lowest BCUT2D eigenvalue weighted by Gasteiger charge is -2.19. The lowest BCUT2D eigenvalue weighted by molar-refractivity contribution is 0.222. The van der Waals surface area contributed by atoms with Gasteiger partial charge in [0.25, 0.3) is 5.88 Å². The van der Waals surface area contributed by atoms with Crippen molar-refractivity contribution >= 4 is 5.82 Å². The van der Waals surface area contributed by atoms with Crippen LogP contribution in [-0.2, 0) is 0 Å². The minimum atomic E-state index is -0.865. The molecule has 1 unspecified atom stereocenters. The Morgan fingerprint density at radius 2 is 2.28 bits per heavy atom. The lowest BCUT2D eigenvalue weighted by atomic mass is 10.1. The fraction of sp³-hybridized carbons (Fsp3) is 0.583. The van der Waals surface area contributed by atoms with Crippen LogP contribution in [0.1, 0.15) is 19.3 Å². The summed E-state index contributed by atoms with van der Waals surface area (Å²) in [5, 5.41) is 0. The molecule has 100 valence electrons. The zero-order valence-corrected chi connectivity index (χ0v) is 10.3. The van der Waals surface area contributed by atoms with Gasteiger partial charge >= 0.3 is 0 Å². The van der Waals surface area contributed by atoms with E-state index in [9.17, 15) is 8.78 Å². The first kappa shape index (κ1) is 13.0. The van der Waals surface area contributed by atoms with E-state index in [1.54, 1.807) is 0 Å². The molecule has 4 nitrogen and oxygen atoms in total. The van der Waals surface area contributed by atoms with Crippen molar-refractivity contribution in [3.8, 4) is 5.88 Å². The number of pyridine rings is 1. The normalized spacial score (nSPS) is 20.3. The number of rotatable bonds is 4. The number of hydrogen-bond donors (Lipinski definition) is 1. The van der Waals surface area contributed by atoms with Gasteiger partial charge in [0.1, 0.15) is 0 Å². The van der Waals surface area contributed by atoms with Crippen LogP contribution in [0.3, 0.4) is 0 Å². The van der Waals surface area contributed by atoms with Crippen molar-refractivity contribution in [2.24, 2.45) is 0 Å². The summed E-state index contributed by atoms with van der Waals surface area (Å²) < 4.78 is 31.4. The molecular weight excluding hydrogens is 240 g/mol. The van der Waals surface area contributed by atoms with Gasteiger partial charge in [-0.3, -0.25) is 0 Å². The molecule has 0 radical (unpaired) electrons. The summed E-state index contributed by atoms with van der Waals surface area (Å²) in [6.07, 6.45) is 3.10. The third-order valence-electron chi connectivity index (χ3n) is 3.29. The van der Waals surface area contributed by atoms with Crippen LogP contribution in [0.2, 0.25) is 0 Å². The molecule has 0 aliphatic carbocycles. The summed E-state index contributed by atoms with van der Waals surface area (Å²) in [6.45, 7) is 1.44. The predicted octanol–water partition coefficient (Wildman–Crippen LogP) is 1.81. The Kier molecular flexibility index (Phi) is 3.96. The quantitative estimate of drug-likeness (QED) is 0.893. The molecule has 2 rings (SSSR count). The second-order valence-corrected chi connectivity index (χ2v) is 4.56. The summed E-state index contributed by atoms with van der Waals surface area (Å²) in [5.74, 6) is -2.25. The van der Waals surface area contributed by atoms with Gasteiger partial charge in [0.05, 0.1) is 6.61 Å². The minimum absolute atomic E-state index is 0.227. The zero-order chi connectivity index (χ0) is 13.1. The van der Waals surface area contributed by atoms with Gasteiger partial charge in [-0.1, -0.05) is 0 Å². The first-order chi connectivity index (χ1) is 8.58. The molecule has 6 heteroatoms. The average molecular weight is 257 g/mol. The van der Waals surface area contributed by atoms with Crippen LogP contribution in [0.25, 0.3) is 0 Å². The molecule has 0 saturated carbocycles. The summed E-state index contributed by atoms with van der Waals surface area (Å²) >= 11 is 0. The van der Waals surface area contributed by atoms with Gasteiger partial charge in [-0.2, -0.15) is 4.98 Å². The van der Waals surface area contributed by atoms with Crippen LogP contribution < -0.4 is 10.5 Å². The highest BCUT2D eigenvalue weighted by molar-refractivity contribution is 5.34. The number of halogens is 2. The summed E-state index contributed by atoms with van der Waals surface area (Å²) in [7, 11) is 2.06. The number of nitrogens with two attached hydrogens (primary N) is 1. The van der Waals surface area contributed by atoms with E-state index in [4.69, 9.17) is 10.5 Å². The molecule has 1 fully saturated rings. The maximum absolute atomic E-state index is 13.3. The summed E-state index contributed by atoms with van der Waals surface area (Å²) in [5.41, 5.74) is 5.26. The molecular formula is C12H17F2N3O. The van der Waals surface area contributed by atoms with E-state index < -0.39 is 11.6 Å². The Morgan fingerprint density at radius 3 is 2.94 bits per heavy atom. The molecule has 1 aromatic rings.